The van der Waals surface area contributed by atoms with Crippen LogP contribution in [0.5, 0.6) is 0 Å². The van der Waals surface area contributed by atoms with Crippen molar-refractivity contribution in [2.24, 2.45) is 0 Å². The minimum absolute atomic E-state index is 0.0498. The van der Waals surface area contributed by atoms with Crippen LogP contribution in [-0.2, 0) is 14.3 Å². The first kappa shape index (κ1) is 17.7. The molecule has 1 aromatic carbocycles. The molecular weight excluding hydrogens is 320 g/mol. The molecule has 0 radical (unpaired) electrons. The van der Waals surface area contributed by atoms with Crippen molar-refractivity contribution in [2.75, 3.05) is 5.32 Å². The Morgan fingerprint density at radius 3 is 2.19 bits per heavy atom. The van der Waals surface area contributed by atoms with Crippen LogP contribution in [0.4, 0.5) is 10.1 Å². The number of hydrogen-bond acceptors (Lipinski definition) is 3. The van der Waals surface area contributed by atoms with E-state index in [9.17, 15) is 14.0 Å². The summed E-state index contributed by atoms with van der Waals surface area (Å²) in [5, 5.41) is 2.11. The van der Waals surface area contributed by atoms with Gasteiger partial charge in [0.1, 0.15) is 5.60 Å². The number of rotatable bonds is 4. The third-order valence-electron chi connectivity index (χ3n) is 2.24. The molecule has 1 amide bonds. The zero-order valence-corrected chi connectivity index (χ0v) is 13.4. The highest BCUT2D eigenvalue weighted by Gasteiger charge is 2.17. The Labute approximate surface area is 132 Å². The number of carbonyl (C=O) groups is 2. The van der Waals surface area contributed by atoms with Crippen LogP contribution in [0.15, 0.2) is 12.1 Å². The van der Waals surface area contributed by atoms with Gasteiger partial charge in [0.15, 0.2) is 5.82 Å². The number of carbonyl (C=O) groups excluding carboxylic acids is 2. The normalized spacial score (nSPS) is 11.1. The Morgan fingerprint density at radius 1 is 1.19 bits per heavy atom. The Hall–Kier alpha value is -1.33. The number of halogens is 3. The van der Waals surface area contributed by atoms with E-state index in [-0.39, 0.29) is 28.6 Å². The lowest BCUT2D eigenvalue weighted by molar-refractivity contribution is -0.155. The Morgan fingerprint density at radius 2 is 1.71 bits per heavy atom. The summed E-state index contributed by atoms with van der Waals surface area (Å²) >= 11 is 11.2. The van der Waals surface area contributed by atoms with Crippen molar-refractivity contribution in [3.63, 3.8) is 0 Å². The highest BCUT2D eigenvalue weighted by molar-refractivity contribution is 6.35. The molecule has 1 rings (SSSR count). The van der Waals surface area contributed by atoms with E-state index in [0.29, 0.717) is 0 Å². The minimum Gasteiger partial charge on any atom is -0.460 e. The number of nitrogens with one attached hydrogen (secondary N) is 1. The quantitative estimate of drug-likeness (QED) is 0.662. The van der Waals surface area contributed by atoms with Gasteiger partial charge in [-0.25, -0.2) is 4.39 Å². The number of ether oxygens (including phenoxy) is 1. The van der Waals surface area contributed by atoms with E-state index in [0.717, 1.165) is 0 Å². The largest absolute Gasteiger partial charge is 0.460 e. The second-order valence-electron chi connectivity index (χ2n) is 5.39. The van der Waals surface area contributed by atoms with Crippen LogP contribution in [0, 0.1) is 5.82 Å². The number of anilines is 1. The second-order valence-corrected chi connectivity index (χ2v) is 6.20. The predicted molar refractivity (Wildman–Crippen MR) is 80.1 cm³/mol. The zero-order valence-electron chi connectivity index (χ0n) is 11.9. The highest BCUT2D eigenvalue weighted by atomic mass is 35.5. The summed E-state index contributed by atoms with van der Waals surface area (Å²) in [6, 6.07) is 2.49. The molecule has 0 bridgehead atoms. The predicted octanol–water partition coefficient (Wildman–Crippen LogP) is 4.19. The van der Waals surface area contributed by atoms with Crippen LogP contribution >= 0.6 is 23.2 Å². The Balaban J connectivity index is 2.53. The van der Waals surface area contributed by atoms with E-state index in [1.165, 1.54) is 12.1 Å². The van der Waals surface area contributed by atoms with Crippen LogP contribution in [0.2, 0.25) is 10.0 Å². The van der Waals surface area contributed by atoms with E-state index < -0.39 is 23.3 Å². The Kier molecular flexibility index (Phi) is 5.98. The molecule has 0 fully saturated rings. The van der Waals surface area contributed by atoms with E-state index in [1.54, 1.807) is 20.8 Å². The molecule has 1 aromatic rings. The van der Waals surface area contributed by atoms with Gasteiger partial charge in [0.05, 0.1) is 16.5 Å². The first-order valence-electron chi connectivity index (χ1n) is 6.25. The van der Waals surface area contributed by atoms with Crippen LogP contribution in [0.25, 0.3) is 0 Å². The summed E-state index contributed by atoms with van der Waals surface area (Å²) in [6.07, 6.45) is -0.104. The van der Waals surface area contributed by atoms with Gasteiger partial charge in [0.2, 0.25) is 5.91 Å². The number of amides is 1. The fraction of sp³-hybridized carbons (Fsp3) is 0.429. The van der Waals surface area contributed by atoms with Gasteiger partial charge in [0.25, 0.3) is 0 Å². The van der Waals surface area contributed by atoms with Crippen molar-refractivity contribution >= 4 is 40.8 Å². The summed E-state index contributed by atoms with van der Waals surface area (Å²) in [5.41, 5.74) is -0.327. The van der Waals surface area contributed by atoms with Gasteiger partial charge in [-0.15, -0.1) is 0 Å². The maximum atomic E-state index is 13.2. The number of benzene rings is 1. The molecular formula is C14H16Cl2FNO3. The van der Waals surface area contributed by atoms with E-state index in [4.69, 9.17) is 27.9 Å². The summed E-state index contributed by atoms with van der Waals surface area (Å²) in [6.45, 7) is 5.23. The molecule has 0 aromatic heterocycles. The van der Waals surface area contributed by atoms with Crippen molar-refractivity contribution in [1.29, 1.82) is 0 Å². The fourth-order valence-corrected chi connectivity index (χ4v) is 1.95. The summed E-state index contributed by atoms with van der Waals surface area (Å²) in [7, 11) is 0. The van der Waals surface area contributed by atoms with Crippen molar-refractivity contribution < 1.29 is 18.7 Å². The molecule has 0 aliphatic heterocycles. The van der Waals surface area contributed by atoms with Crippen LogP contribution in [-0.4, -0.2) is 17.5 Å². The first-order valence-corrected chi connectivity index (χ1v) is 7.00. The summed E-state index contributed by atoms with van der Waals surface area (Å²) < 4.78 is 18.3. The fourth-order valence-electron chi connectivity index (χ4n) is 1.46. The molecule has 0 saturated heterocycles. The maximum Gasteiger partial charge on any atom is 0.306 e. The second kappa shape index (κ2) is 7.09. The smallest absolute Gasteiger partial charge is 0.306 e. The van der Waals surface area contributed by atoms with Crippen LogP contribution in [0.3, 0.4) is 0 Å². The molecule has 116 valence electrons. The van der Waals surface area contributed by atoms with Crippen molar-refractivity contribution in [1.82, 2.24) is 0 Å². The molecule has 0 aliphatic carbocycles. The summed E-state index contributed by atoms with van der Waals surface area (Å²) in [4.78, 5) is 23.2. The van der Waals surface area contributed by atoms with Gasteiger partial charge in [-0.2, -0.15) is 0 Å². The molecule has 0 atom stereocenters. The van der Waals surface area contributed by atoms with E-state index >= 15 is 0 Å². The Bertz CT molecular complexity index is 533. The first-order chi connectivity index (χ1) is 9.58. The molecule has 0 spiro atoms. The summed E-state index contributed by atoms with van der Waals surface area (Å²) in [5.74, 6) is -1.63. The molecule has 0 aliphatic rings. The SMILES string of the molecule is CC(C)(C)OC(=O)CCC(=O)Nc1cc(Cl)c(F)c(Cl)c1. The van der Waals surface area contributed by atoms with Gasteiger partial charge >= 0.3 is 5.97 Å². The van der Waals surface area contributed by atoms with E-state index in [2.05, 4.69) is 5.32 Å². The van der Waals surface area contributed by atoms with Gasteiger partial charge < -0.3 is 10.1 Å². The van der Waals surface area contributed by atoms with Crippen molar-refractivity contribution in [3.05, 3.63) is 28.0 Å². The molecule has 0 saturated carbocycles. The number of esters is 1. The van der Waals surface area contributed by atoms with Crippen molar-refractivity contribution in [2.45, 2.75) is 39.2 Å². The third-order valence-corrected chi connectivity index (χ3v) is 2.79. The monoisotopic (exact) mass is 335 g/mol. The lowest BCUT2D eigenvalue weighted by Crippen LogP contribution is -2.24. The third kappa shape index (κ3) is 6.31. The molecule has 21 heavy (non-hydrogen) atoms. The number of hydrogen-bond donors (Lipinski definition) is 1. The lowest BCUT2D eigenvalue weighted by atomic mass is 10.2. The van der Waals surface area contributed by atoms with Crippen LogP contribution in [0.1, 0.15) is 33.6 Å². The lowest BCUT2D eigenvalue weighted by Gasteiger charge is -2.19. The zero-order chi connectivity index (χ0) is 16.2. The molecule has 0 unspecified atom stereocenters. The molecule has 0 heterocycles. The molecule has 4 nitrogen and oxygen atoms in total. The van der Waals surface area contributed by atoms with Gasteiger partial charge in [0, 0.05) is 12.1 Å². The van der Waals surface area contributed by atoms with Crippen LogP contribution < -0.4 is 5.32 Å². The highest BCUT2D eigenvalue weighted by Crippen LogP contribution is 2.27. The standard InChI is InChI=1S/C14H16Cl2FNO3/c1-14(2,3)21-12(20)5-4-11(19)18-8-6-9(15)13(17)10(16)7-8/h6-7H,4-5H2,1-3H3,(H,18,19). The van der Waals surface area contributed by atoms with Gasteiger partial charge in [-0.1, -0.05) is 23.2 Å². The molecule has 7 heteroatoms. The average molecular weight is 336 g/mol. The van der Waals surface area contributed by atoms with Crippen molar-refractivity contribution in [3.8, 4) is 0 Å². The topological polar surface area (TPSA) is 55.4 Å². The van der Waals surface area contributed by atoms with E-state index in [1.807, 2.05) is 0 Å². The van der Waals surface area contributed by atoms with Gasteiger partial charge in [-0.05, 0) is 32.9 Å². The van der Waals surface area contributed by atoms with Gasteiger partial charge in [-0.3, -0.25) is 9.59 Å². The maximum absolute atomic E-state index is 13.2. The average Bonchev–Trinajstić information content (AvgIpc) is 2.31. The minimum atomic E-state index is -0.745. The molecule has 1 N–H and O–H groups in total.